The SMILES string of the molecule is Cc1nn(C)cc1-c1nn(-c2ccnc(-n3ncc4cc(C(C)(C)C)cc(F)c4c3=O)c2CO)cc1C(N)=O. The summed E-state index contributed by atoms with van der Waals surface area (Å²) >= 11 is 0. The number of fused-ring (bicyclic) bond motifs is 1. The minimum atomic E-state index is -0.727. The Morgan fingerprint density at radius 3 is 2.54 bits per heavy atom. The second-order valence-electron chi connectivity index (χ2n) is 10.3. The zero-order chi connectivity index (χ0) is 28.2. The van der Waals surface area contributed by atoms with Crippen LogP contribution in [0.25, 0.3) is 33.5 Å². The van der Waals surface area contributed by atoms with Gasteiger partial charge in [0.05, 0.1) is 35.1 Å². The number of aromatic nitrogens is 7. The molecule has 0 saturated heterocycles. The van der Waals surface area contributed by atoms with Gasteiger partial charge in [-0.15, -0.1) is 0 Å². The molecule has 0 unspecified atom stereocenters. The van der Waals surface area contributed by atoms with Crippen LogP contribution in [0.1, 0.15) is 48.0 Å². The zero-order valence-electron chi connectivity index (χ0n) is 22.1. The molecule has 1 aromatic carbocycles. The van der Waals surface area contributed by atoms with E-state index < -0.39 is 23.9 Å². The predicted octanol–water partition coefficient (Wildman–Crippen LogP) is 2.70. The topological polar surface area (TPSA) is 147 Å². The molecule has 0 fully saturated rings. The number of rotatable bonds is 5. The predicted molar refractivity (Wildman–Crippen MR) is 142 cm³/mol. The van der Waals surface area contributed by atoms with Crippen LogP contribution in [0.2, 0.25) is 0 Å². The first kappa shape index (κ1) is 25.9. The lowest BCUT2D eigenvalue weighted by Gasteiger charge is -2.20. The molecule has 5 rings (SSSR count). The Morgan fingerprint density at radius 1 is 1.18 bits per heavy atom. The highest BCUT2D eigenvalue weighted by Gasteiger charge is 2.24. The number of primary amides is 1. The van der Waals surface area contributed by atoms with Crippen molar-refractivity contribution in [3.8, 4) is 22.8 Å². The van der Waals surface area contributed by atoms with Crippen molar-refractivity contribution in [2.75, 3.05) is 0 Å². The normalized spacial score (nSPS) is 11.9. The number of hydrogen-bond acceptors (Lipinski definition) is 7. The molecule has 0 aliphatic heterocycles. The Bertz CT molecular complexity index is 1830. The van der Waals surface area contributed by atoms with E-state index in [9.17, 15) is 14.7 Å². The molecule has 0 radical (unpaired) electrons. The van der Waals surface area contributed by atoms with Gasteiger partial charge < -0.3 is 10.8 Å². The van der Waals surface area contributed by atoms with Crippen LogP contribution in [0.4, 0.5) is 4.39 Å². The van der Waals surface area contributed by atoms with E-state index in [0.29, 0.717) is 28.0 Å². The van der Waals surface area contributed by atoms with Crippen molar-refractivity contribution >= 4 is 16.7 Å². The van der Waals surface area contributed by atoms with Crippen molar-refractivity contribution < 1.29 is 14.3 Å². The van der Waals surface area contributed by atoms with Crippen LogP contribution in [-0.4, -0.2) is 45.3 Å². The van der Waals surface area contributed by atoms with Gasteiger partial charge in [-0.25, -0.2) is 14.1 Å². The van der Waals surface area contributed by atoms with Crippen LogP contribution in [0.15, 0.2) is 47.8 Å². The minimum Gasteiger partial charge on any atom is -0.391 e. The molecule has 3 N–H and O–H groups in total. The molecule has 4 aromatic heterocycles. The quantitative estimate of drug-likeness (QED) is 0.355. The van der Waals surface area contributed by atoms with Gasteiger partial charge in [0.15, 0.2) is 5.82 Å². The van der Waals surface area contributed by atoms with Gasteiger partial charge in [0.2, 0.25) is 0 Å². The molecule has 0 atom stereocenters. The van der Waals surface area contributed by atoms with Gasteiger partial charge in [0.1, 0.15) is 11.5 Å². The molecule has 0 saturated carbocycles. The van der Waals surface area contributed by atoms with E-state index in [-0.39, 0.29) is 27.7 Å². The van der Waals surface area contributed by atoms with Crippen LogP contribution in [-0.2, 0) is 19.1 Å². The van der Waals surface area contributed by atoms with E-state index >= 15 is 4.39 Å². The number of nitrogens with zero attached hydrogens (tertiary/aromatic N) is 7. The second kappa shape index (κ2) is 9.24. The third kappa shape index (κ3) is 4.38. The standard InChI is InChI=1S/C27H27FN8O3/c1-14-17(11-34(5)32-14)23-18(24(29)38)12-35(33-23)21-6-7-30-25(19(21)13-37)36-26(39)22-15(10-31-36)8-16(9-20(22)28)27(2,3)4/h6-12,37H,13H2,1-5H3,(H2,29,38). The number of carbonyl (C=O) groups is 1. The first-order valence-corrected chi connectivity index (χ1v) is 12.1. The number of halogens is 1. The van der Waals surface area contributed by atoms with Crippen LogP contribution in [0, 0.1) is 12.7 Å². The van der Waals surface area contributed by atoms with Crippen molar-refractivity contribution in [3.63, 3.8) is 0 Å². The number of carbonyl (C=O) groups excluding carboxylic acids is 1. The molecular formula is C27H27FN8O3. The lowest BCUT2D eigenvalue weighted by molar-refractivity contribution is 0.100. The lowest BCUT2D eigenvalue weighted by Crippen LogP contribution is -2.25. The first-order chi connectivity index (χ1) is 18.4. The third-order valence-electron chi connectivity index (χ3n) is 6.57. The Labute approximate surface area is 222 Å². The average Bonchev–Trinajstić information content (AvgIpc) is 3.45. The van der Waals surface area contributed by atoms with Crippen LogP contribution in [0.3, 0.4) is 0 Å². The Balaban J connectivity index is 1.70. The number of aliphatic hydroxyl groups is 1. The fourth-order valence-electron chi connectivity index (χ4n) is 4.55. The molecule has 39 heavy (non-hydrogen) atoms. The molecule has 0 bridgehead atoms. The summed E-state index contributed by atoms with van der Waals surface area (Å²) in [5.41, 5.74) is 7.55. The average molecular weight is 531 g/mol. The summed E-state index contributed by atoms with van der Waals surface area (Å²) in [4.78, 5) is 30.0. The summed E-state index contributed by atoms with van der Waals surface area (Å²) in [6.07, 6.45) is 5.96. The second-order valence-corrected chi connectivity index (χ2v) is 10.3. The zero-order valence-corrected chi connectivity index (χ0v) is 22.1. The molecule has 12 heteroatoms. The summed E-state index contributed by atoms with van der Waals surface area (Å²) in [5, 5.41) is 23.7. The van der Waals surface area contributed by atoms with E-state index in [2.05, 4.69) is 20.3 Å². The molecule has 0 aliphatic carbocycles. The number of nitrogens with two attached hydrogens (primary N) is 1. The molecule has 0 aliphatic rings. The number of benzene rings is 1. The maximum atomic E-state index is 15.2. The largest absolute Gasteiger partial charge is 0.391 e. The number of amides is 1. The van der Waals surface area contributed by atoms with Gasteiger partial charge in [0.25, 0.3) is 11.5 Å². The Kier molecular flexibility index (Phi) is 6.14. The van der Waals surface area contributed by atoms with Crippen molar-refractivity contribution in [2.45, 2.75) is 39.7 Å². The number of aryl methyl sites for hydroxylation is 2. The van der Waals surface area contributed by atoms with Gasteiger partial charge in [-0.2, -0.15) is 20.0 Å². The molecule has 0 spiro atoms. The van der Waals surface area contributed by atoms with E-state index in [1.807, 2.05) is 20.8 Å². The molecular weight excluding hydrogens is 503 g/mol. The van der Waals surface area contributed by atoms with Crippen LogP contribution in [0.5, 0.6) is 0 Å². The van der Waals surface area contributed by atoms with Gasteiger partial charge >= 0.3 is 0 Å². The highest BCUT2D eigenvalue weighted by atomic mass is 19.1. The number of hydrogen-bond donors (Lipinski definition) is 2. The Morgan fingerprint density at radius 2 is 1.92 bits per heavy atom. The van der Waals surface area contributed by atoms with Crippen molar-refractivity contribution in [2.24, 2.45) is 12.8 Å². The van der Waals surface area contributed by atoms with Gasteiger partial charge in [-0.05, 0) is 36.1 Å². The third-order valence-corrected chi connectivity index (χ3v) is 6.57. The summed E-state index contributed by atoms with van der Waals surface area (Å²) < 4.78 is 19.1. The molecule has 200 valence electrons. The van der Waals surface area contributed by atoms with Crippen molar-refractivity contribution in [1.82, 2.24) is 34.3 Å². The van der Waals surface area contributed by atoms with E-state index in [0.717, 1.165) is 10.2 Å². The monoisotopic (exact) mass is 530 g/mol. The number of aliphatic hydroxyl groups excluding tert-OH is 1. The maximum absolute atomic E-state index is 15.2. The van der Waals surface area contributed by atoms with Crippen LogP contribution < -0.4 is 11.3 Å². The highest BCUT2D eigenvalue weighted by molar-refractivity contribution is 5.99. The molecule has 4 heterocycles. The van der Waals surface area contributed by atoms with Crippen molar-refractivity contribution in [3.05, 3.63) is 81.5 Å². The van der Waals surface area contributed by atoms with Crippen molar-refractivity contribution in [1.29, 1.82) is 0 Å². The molecule has 5 aromatic rings. The molecule has 1 amide bonds. The first-order valence-electron chi connectivity index (χ1n) is 12.1. The summed E-state index contributed by atoms with van der Waals surface area (Å²) in [7, 11) is 1.75. The fraction of sp³-hybridized carbons (Fsp3) is 0.259. The fourth-order valence-corrected chi connectivity index (χ4v) is 4.55. The van der Waals surface area contributed by atoms with E-state index in [4.69, 9.17) is 5.73 Å². The lowest BCUT2D eigenvalue weighted by atomic mass is 9.86. The van der Waals surface area contributed by atoms with E-state index in [1.54, 1.807) is 37.0 Å². The number of pyridine rings is 1. The Hall–Kier alpha value is -4.71. The van der Waals surface area contributed by atoms with Crippen LogP contribution >= 0.6 is 0 Å². The molecule has 11 nitrogen and oxygen atoms in total. The van der Waals surface area contributed by atoms with Gasteiger partial charge in [-0.1, -0.05) is 20.8 Å². The summed E-state index contributed by atoms with van der Waals surface area (Å²) in [6, 6.07) is 4.65. The highest BCUT2D eigenvalue weighted by Crippen LogP contribution is 2.29. The smallest absolute Gasteiger partial charge is 0.283 e. The summed E-state index contributed by atoms with van der Waals surface area (Å²) in [6.45, 7) is 7.08. The van der Waals surface area contributed by atoms with Gasteiger partial charge in [-0.3, -0.25) is 14.3 Å². The van der Waals surface area contributed by atoms with E-state index in [1.165, 1.54) is 29.3 Å². The minimum absolute atomic E-state index is 0.00330. The van der Waals surface area contributed by atoms with Gasteiger partial charge in [0, 0.05) is 42.2 Å². The summed E-state index contributed by atoms with van der Waals surface area (Å²) in [5.74, 6) is -1.37. The maximum Gasteiger partial charge on any atom is 0.283 e.